The zero-order valence-corrected chi connectivity index (χ0v) is 6.77. The van der Waals surface area contributed by atoms with Gasteiger partial charge in [0, 0.05) is 5.56 Å². The lowest BCUT2D eigenvalue weighted by Crippen LogP contribution is -1.95. The van der Waals surface area contributed by atoms with Crippen molar-refractivity contribution in [1.29, 1.82) is 0 Å². The van der Waals surface area contributed by atoms with Crippen LogP contribution in [0.3, 0.4) is 0 Å². The summed E-state index contributed by atoms with van der Waals surface area (Å²) < 4.78 is 13.0. The standard InChI is InChI=1S/C8H8ClFO/c1-5(11)6-3-2-4-7(9)8(6)10/h2-5,11H,1H3. The molecule has 0 fully saturated rings. The van der Waals surface area contributed by atoms with E-state index in [1.165, 1.54) is 19.1 Å². The summed E-state index contributed by atoms with van der Waals surface area (Å²) in [6.07, 6.45) is -0.811. The van der Waals surface area contributed by atoms with Crippen LogP contribution < -0.4 is 0 Å². The number of aliphatic hydroxyl groups excluding tert-OH is 1. The molecule has 60 valence electrons. The quantitative estimate of drug-likeness (QED) is 0.694. The molecule has 1 atom stereocenters. The van der Waals surface area contributed by atoms with Gasteiger partial charge < -0.3 is 5.11 Å². The first-order valence-corrected chi connectivity index (χ1v) is 3.62. The Labute approximate surface area is 69.4 Å². The lowest BCUT2D eigenvalue weighted by atomic mass is 10.1. The van der Waals surface area contributed by atoms with Crippen LogP contribution in [0.25, 0.3) is 0 Å². The smallest absolute Gasteiger partial charge is 0.147 e. The third-order valence-corrected chi connectivity index (χ3v) is 1.72. The third kappa shape index (κ3) is 1.70. The van der Waals surface area contributed by atoms with Crippen LogP contribution in [0.2, 0.25) is 5.02 Å². The minimum absolute atomic E-state index is 0.0448. The van der Waals surface area contributed by atoms with Crippen LogP contribution in [0, 0.1) is 5.82 Å². The lowest BCUT2D eigenvalue weighted by Gasteiger charge is -2.05. The van der Waals surface area contributed by atoms with Gasteiger partial charge in [0.25, 0.3) is 0 Å². The van der Waals surface area contributed by atoms with E-state index in [1.54, 1.807) is 6.07 Å². The Morgan fingerprint density at radius 3 is 2.64 bits per heavy atom. The van der Waals surface area contributed by atoms with Crippen molar-refractivity contribution >= 4 is 11.6 Å². The summed E-state index contributed by atoms with van der Waals surface area (Å²) in [5.74, 6) is -0.538. The highest BCUT2D eigenvalue weighted by atomic mass is 35.5. The van der Waals surface area contributed by atoms with Crippen LogP contribution in [-0.2, 0) is 0 Å². The summed E-state index contributed by atoms with van der Waals surface area (Å²) in [7, 11) is 0. The van der Waals surface area contributed by atoms with E-state index in [-0.39, 0.29) is 10.6 Å². The van der Waals surface area contributed by atoms with Gasteiger partial charge in [-0.2, -0.15) is 0 Å². The second-order valence-electron chi connectivity index (χ2n) is 2.32. The molecule has 1 nitrogen and oxygen atoms in total. The van der Waals surface area contributed by atoms with Gasteiger partial charge in [0.1, 0.15) is 5.82 Å². The normalized spacial score (nSPS) is 13.1. The predicted octanol–water partition coefficient (Wildman–Crippen LogP) is 2.53. The Morgan fingerprint density at radius 1 is 1.55 bits per heavy atom. The second kappa shape index (κ2) is 3.20. The Kier molecular flexibility index (Phi) is 2.47. The summed E-state index contributed by atoms with van der Waals surface area (Å²) in [5, 5.41) is 9.08. The number of hydrogen-bond acceptors (Lipinski definition) is 1. The minimum Gasteiger partial charge on any atom is -0.389 e. The molecule has 0 spiro atoms. The largest absolute Gasteiger partial charge is 0.389 e. The van der Waals surface area contributed by atoms with Gasteiger partial charge in [0.15, 0.2) is 0 Å². The molecule has 0 saturated carbocycles. The molecule has 11 heavy (non-hydrogen) atoms. The number of halogens is 2. The Morgan fingerprint density at radius 2 is 2.18 bits per heavy atom. The molecule has 1 unspecified atom stereocenters. The van der Waals surface area contributed by atoms with Crippen molar-refractivity contribution in [2.75, 3.05) is 0 Å². The molecule has 0 radical (unpaired) electrons. The van der Waals surface area contributed by atoms with E-state index in [0.29, 0.717) is 0 Å². The summed E-state index contributed by atoms with van der Waals surface area (Å²) in [6, 6.07) is 4.56. The van der Waals surface area contributed by atoms with Crippen LogP contribution >= 0.6 is 11.6 Å². The predicted molar refractivity (Wildman–Crippen MR) is 42.0 cm³/mol. The van der Waals surface area contributed by atoms with Gasteiger partial charge in [0.2, 0.25) is 0 Å². The van der Waals surface area contributed by atoms with Gasteiger partial charge in [-0.15, -0.1) is 0 Å². The first-order valence-electron chi connectivity index (χ1n) is 3.25. The molecule has 0 saturated heterocycles. The van der Waals surface area contributed by atoms with Crippen molar-refractivity contribution in [3.8, 4) is 0 Å². The third-order valence-electron chi connectivity index (χ3n) is 1.43. The van der Waals surface area contributed by atoms with Gasteiger partial charge in [-0.25, -0.2) is 4.39 Å². The monoisotopic (exact) mass is 174 g/mol. The van der Waals surface area contributed by atoms with Gasteiger partial charge in [0.05, 0.1) is 11.1 Å². The number of benzene rings is 1. The van der Waals surface area contributed by atoms with Gasteiger partial charge in [-0.3, -0.25) is 0 Å². The fourth-order valence-corrected chi connectivity index (χ4v) is 1.02. The van der Waals surface area contributed by atoms with E-state index in [4.69, 9.17) is 16.7 Å². The molecule has 1 aromatic rings. The van der Waals surface area contributed by atoms with Crippen LogP contribution in [0.5, 0.6) is 0 Å². The molecule has 0 aliphatic rings. The molecule has 0 heterocycles. The lowest BCUT2D eigenvalue weighted by molar-refractivity contribution is 0.194. The minimum atomic E-state index is -0.811. The average molecular weight is 175 g/mol. The molecule has 0 aromatic heterocycles. The molecule has 0 aliphatic carbocycles. The fourth-order valence-electron chi connectivity index (χ4n) is 0.843. The van der Waals surface area contributed by atoms with Gasteiger partial charge >= 0.3 is 0 Å². The highest BCUT2D eigenvalue weighted by Crippen LogP contribution is 2.22. The van der Waals surface area contributed by atoms with Crippen LogP contribution in [0.15, 0.2) is 18.2 Å². The summed E-state index contributed by atoms with van der Waals surface area (Å²) in [4.78, 5) is 0. The molecular weight excluding hydrogens is 167 g/mol. The molecule has 1 rings (SSSR count). The SMILES string of the molecule is CC(O)c1cccc(Cl)c1F. The van der Waals surface area contributed by atoms with Crippen molar-refractivity contribution in [3.05, 3.63) is 34.6 Å². The van der Waals surface area contributed by atoms with Crippen molar-refractivity contribution in [1.82, 2.24) is 0 Å². The topological polar surface area (TPSA) is 20.2 Å². The van der Waals surface area contributed by atoms with E-state index in [9.17, 15) is 4.39 Å². The van der Waals surface area contributed by atoms with Gasteiger partial charge in [-0.1, -0.05) is 23.7 Å². The number of aliphatic hydroxyl groups is 1. The van der Waals surface area contributed by atoms with E-state index >= 15 is 0 Å². The second-order valence-corrected chi connectivity index (χ2v) is 2.73. The molecule has 3 heteroatoms. The van der Waals surface area contributed by atoms with Crippen molar-refractivity contribution < 1.29 is 9.50 Å². The Balaban J connectivity index is 3.17. The van der Waals surface area contributed by atoms with Crippen LogP contribution in [0.1, 0.15) is 18.6 Å². The van der Waals surface area contributed by atoms with Gasteiger partial charge in [-0.05, 0) is 13.0 Å². The average Bonchev–Trinajstić information content (AvgIpc) is 1.94. The Bertz CT molecular complexity index is 260. The van der Waals surface area contributed by atoms with E-state index < -0.39 is 11.9 Å². The number of hydrogen-bond donors (Lipinski definition) is 1. The summed E-state index contributed by atoms with van der Waals surface area (Å²) in [5.41, 5.74) is 0.234. The molecule has 0 bridgehead atoms. The first kappa shape index (κ1) is 8.50. The molecule has 1 N–H and O–H groups in total. The highest BCUT2D eigenvalue weighted by molar-refractivity contribution is 6.30. The van der Waals surface area contributed by atoms with Crippen molar-refractivity contribution in [2.24, 2.45) is 0 Å². The number of rotatable bonds is 1. The maximum atomic E-state index is 13.0. The highest BCUT2D eigenvalue weighted by Gasteiger charge is 2.09. The molecule has 0 amide bonds. The van der Waals surface area contributed by atoms with E-state index in [2.05, 4.69) is 0 Å². The Hall–Kier alpha value is -0.600. The van der Waals surface area contributed by atoms with Crippen LogP contribution in [-0.4, -0.2) is 5.11 Å². The molecular formula is C8H8ClFO. The molecule has 1 aromatic carbocycles. The molecule has 0 aliphatic heterocycles. The fraction of sp³-hybridized carbons (Fsp3) is 0.250. The summed E-state index contributed by atoms with van der Waals surface area (Å²) in [6.45, 7) is 1.49. The summed E-state index contributed by atoms with van der Waals surface area (Å²) >= 11 is 5.47. The zero-order valence-electron chi connectivity index (χ0n) is 6.01. The van der Waals surface area contributed by atoms with E-state index in [1.807, 2.05) is 0 Å². The van der Waals surface area contributed by atoms with E-state index in [0.717, 1.165) is 0 Å². The first-order chi connectivity index (χ1) is 5.13. The zero-order chi connectivity index (χ0) is 8.43. The van der Waals surface area contributed by atoms with Crippen LogP contribution in [0.4, 0.5) is 4.39 Å². The van der Waals surface area contributed by atoms with Crippen molar-refractivity contribution in [3.63, 3.8) is 0 Å². The maximum Gasteiger partial charge on any atom is 0.147 e. The van der Waals surface area contributed by atoms with Crippen molar-refractivity contribution in [2.45, 2.75) is 13.0 Å². The maximum absolute atomic E-state index is 13.0.